The van der Waals surface area contributed by atoms with E-state index in [-0.39, 0.29) is 11.3 Å². The molecule has 1 amide bonds. The first kappa shape index (κ1) is 20.9. The number of hydrogen-bond acceptors (Lipinski definition) is 4. The van der Waals surface area contributed by atoms with E-state index in [4.69, 9.17) is 0 Å². The van der Waals surface area contributed by atoms with Crippen LogP contribution >= 0.6 is 11.8 Å². The Hall–Kier alpha value is -2.87. The third kappa shape index (κ3) is 5.35. The van der Waals surface area contributed by atoms with Crippen LogP contribution in [-0.4, -0.2) is 22.9 Å². The Labute approximate surface area is 170 Å². The van der Waals surface area contributed by atoms with Gasteiger partial charge in [-0.1, -0.05) is 41.6 Å². The summed E-state index contributed by atoms with van der Waals surface area (Å²) < 4.78 is 38.8. The molecule has 0 aliphatic carbocycles. The molecule has 0 saturated carbocycles. The van der Waals surface area contributed by atoms with Crippen LogP contribution in [-0.2, 0) is 11.0 Å². The molecule has 3 aromatic rings. The topological polar surface area (TPSA) is 54.4 Å². The molecular weight excluding hydrogens is 399 g/mol. The zero-order chi connectivity index (χ0) is 21.0. The smallest absolute Gasteiger partial charge is 0.272 e. The number of thioether (sulfide) groups is 1. The highest BCUT2D eigenvalue weighted by atomic mass is 32.2. The summed E-state index contributed by atoms with van der Waals surface area (Å²) in [6.45, 7) is 4.00. The fourth-order valence-corrected chi connectivity index (χ4v) is 3.53. The summed E-state index contributed by atoms with van der Waals surface area (Å²) in [5.74, 6) is -0.388. The van der Waals surface area contributed by atoms with Gasteiger partial charge in [0.25, 0.3) is 0 Å². The maximum absolute atomic E-state index is 12.9. The molecule has 0 unspecified atom stereocenters. The SMILES string of the molecule is Cc1ccc2nc(SCC(=O)NN=Cc3ccccc3C(F)(F)F)cc(C)c2c1. The van der Waals surface area contributed by atoms with Crippen molar-refractivity contribution in [2.24, 2.45) is 5.10 Å². The van der Waals surface area contributed by atoms with Crippen molar-refractivity contribution < 1.29 is 18.0 Å². The number of fused-ring (bicyclic) bond motifs is 1. The minimum absolute atomic E-state index is 0.0437. The first-order valence-corrected chi connectivity index (χ1v) is 9.71. The zero-order valence-corrected chi connectivity index (χ0v) is 16.6. The molecule has 8 heteroatoms. The summed E-state index contributed by atoms with van der Waals surface area (Å²) in [6.07, 6.45) is -3.49. The number of carbonyl (C=O) groups excluding carboxylic acids is 1. The molecule has 0 saturated heterocycles. The summed E-state index contributed by atoms with van der Waals surface area (Å²) in [7, 11) is 0. The second-order valence-electron chi connectivity index (χ2n) is 6.46. The van der Waals surface area contributed by atoms with Crippen LogP contribution < -0.4 is 5.43 Å². The molecule has 2 aromatic carbocycles. The number of carbonyl (C=O) groups is 1. The Balaban J connectivity index is 1.62. The fourth-order valence-electron chi connectivity index (χ4n) is 2.76. The van der Waals surface area contributed by atoms with Gasteiger partial charge in [-0.3, -0.25) is 4.79 Å². The third-order valence-electron chi connectivity index (χ3n) is 4.16. The fraction of sp³-hybridized carbons (Fsp3) is 0.190. The van der Waals surface area contributed by atoms with Crippen LogP contribution in [0, 0.1) is 13.8 Å². The van der Waals surface area contributed by atoms with Crippen LogP contribution in [0.2, 0.25) is 0 Å². The number of hydrazone groups is 1. The first-order valence-electron chi connectivity index (χ1n) is 8.73. The molecule has 0 aliphatic heterocycles. The maximum atomic E-state index is 12.9. The van der Waals surface area contributed by atoms with Gasteiger partial charge in [-0.25, -0.2) is 10.4 Å². The lowest BCUT2D eigenvalue weighted by molar-refractivity contribution is -0.137. The summed E-state index contributed by atoms with van der Waals surface area (Å²) >= 11 is 1.24. The maximum Gasteiger partial charge on any atom is 0.417 e. The molecule has 4 nitrogen and oxygen atoms in total. The number of aromatic nitrogens is 1. The van der Waals surface area contributed by atoms with Gasteiger partial charge in [0.1, 0.15) is 0 Å². The number of amides is 1. The van der Waals surface area contributed by atoms with E-state index < -0.39 is 17.6 Å². The quantitative estimate of drug-likeness (QED) is 0.356. The molecule has 1 aromatic heterocycles. The number of benzene rings is 2. The lowest BCUT2D eigenvalue weighted by Crippen LogP contribution is -2.20. The predicted molar refractivity (Wildman–Crippen MR) is 109 cm³/mol. The average molecular weight is 417 g/mol. The molecule has 29 heavy (non-hydrogen) atoms. The van der Waals surface area contributed by atoms with E-state index in [1.807, 2.05) is 32.0 Å². The van der Waals surface area contributed by atoms with E-state index in [2.05, 4.69) is 21.6 Å². The molecule has 0 radical (unpaired) electrons. The third-order valence-corrected chi connectivity index (χ3v) is 5.07. The van der Waals surface area contributed by atoms with E-state index in [1.165, 1.54) is 30.0 Å². The van der Waals surface area contributed by atoms with E-state index in [0.717, 1.165) is 34.3 Å². The van der Waals surface area contributed by atoms with Gasteiger partial charge < -0.3 is 0 Å². The van der Waals surface area contributed by atoms with E-state index in [0.29, 0.717) is 5.03 Å². The Kier molecular flexibility index (Phi) is 6.22. The summed E-state index contributed by atoms with van der Waals surface area (Å²) in [6, 6.07) is 12.9. The number of nitrogens with one attached hydrogen (secondary N) is 1. The molecule has 1 heterocycles. The van der Waals surface area contributed by atoms with Gasteiger partial charge in [0.15, 0.2) is 0 Å². The zero-order valence-electron chi connectivity index (χ0n) is 15.7. The predicted octanol–water partition coefficient (Wildman–Crippen LogP) is 5.11. The van der Waals surface area contributed by atoms with Gasteiger partial charge >= 0.3 is 6.18 Å². The summed E-state index contributed by atoms with van der Waals surface area (Å²) in [5, 5.41) is 5.40. The highest BCUT2D eigenvalue weighted by Crippen LogP contribution is 2.31. The lowest BCUT2D eigenvalue weighted by atomic mass is 10.1. The normalized spacial score (nSPS) is 11.9. The number of hydrogen-bond donors (Lipinski definition) is 1. The average Bonchev–Trinajstić information content (AvgIpc) is 2.66. The number of rotatable bonds is 5. The van der Waals surface area contributed by atoms with Crippen molar-refractivity contribution in [3.05, 3.63) is 70.8 Å². The largest absolute Gasteiger partial charge is 0.417 e. The Bertz CT molecular complexity index is 1080. The second-order valence-corrected chi connectivity index (χ2v) is 7.46. The van der Waals surface area contributed by atoms with Crippen LogP contribution in [0.5, 0.6) is 0 Å². The Morgan fingerprint density at radius 2 is 1.93 bits per heavy atom. The van der Waals surface area contributed by atoms with E-state index in [9.17, 15) is 18.0 Å². The number of halogens is 3. The number of aryl methyl sites for hydroxylation is 2. The van der Waals surface area contributed by atoms with Gasteiger partial charge in [-0.15, -0.1) is 0 Å². The second kappa shape index (κ2) is 8.65. The van der Waals surface area contributed by atoms with Crippen LogP contribution in [0.4, 0.5) is 13.2 Å². The molecule has 0 fully saturated rings. The standard InChI is InChI=1S/C21H18F3N3OS/c1-13-7-8-18-16(9-13)14(2)10-20(26-18)29-12-19(28)27-25-11-15-5-3-4-6-17(15)21(22,23)24/h3-11H,12H2,1-2H3,(H,27,28). The van der Waals surface area contributed by atoms with Crippen LogP contribution in [0.1, 0.15) is 22.3 Å². The molecule has 0 spiro atoms. The van der Waals surface area contributed by atoms with Crippen molar-refractivity contribution in [3.8, 4) is 0 Å². The molecular formula is C21H18F3N3OS. The molecule has 0 aliphatic rings. The van der Waals surface area contributed by atoms with Gasteiger partial charge in [0.05, 0.1) is 28.1 Å². The van der Waals surface area contributed by atoms with Crippen LogP contribution in [0.25, 0.3) is 10.9 Å². The van der Waals surface area contributed by atoms with Crippen molar-refractivity contribution in [1.82, 2.24) is 10.4 Å². The molecule has 0 atom stereocenters. The van der Waals surface area contributed by atoms with Gasteiger partial charge in [0.2, 0.25) is 5.91 Å². The van der Waals surface area contributed by atoms with Gasteiger partial charge in [-0.05, 0) is 43.7 Å². The van der Waals surface area contributed by atoms with Crippen molar-refractivity contribution >= 4 is 34.8 Å². The van der Waals surface area contributed by atoms with Crippen LogP contribution in [0.15, 0.2) is 58.7 Å². The lowest BCUT2D eigenvalue weighted by Gasteiger charge is -2.09. The number of nitrogens with zero attached hydrogens (tertiary/aromatic N) is 2. The van der Waals surface area contributed by atoms with Crippen molar-refractivity contribution in [2.75, 3.05) is 5.75 Å². The molecule has 1 N–H and O–H groups in total. The Morgan fingerprint density at radius 1 is 1.17 bits per heavy atom. The minimum Gasteiger partial charge on any atom is -0.272 e. The van der Waals surface area contributed by atoms with E-state index >= 15 is 0 Å². The molecule has 3 rings (SSSR count). The van der Waals surface area contributed by atoms with Crippen molar-refractivity contribution in [2.45, 2.75) is 25.0 Å². The molecule has 0 bridgehead atoms. The summed E-state index contributed by atoms with van der Waals surface area (Å²) in [4.78, 5) is 16.5. The van der Waals surface area contributed by atoms with Gasteiger partial charge in [-0.2, -0.15) is 18.3 Å². The molecule has 150 valence electrons. The van der Waals surface area contributed by atoms with Gasteiger partial charge in [0, 0.05) is 10.9 Å². The number of pyridine rings is 1. The van der Waals surface area contributed by atoms with Crippen LogP contribution in [0.3, 0.4) is 0 Å². The first-order chi connectivity index (χ1) is 13.7. The monoisotopic (exact) mass is 417 g/mol. The van der Waals surface area contributed by atoms with Crippen molar-refractivity contribution in [3.63, 3.8) is 0 Å². The highest BCUT2D eigenvalue weighted by Gasteiger charge is 2.32. The Morgan fingerprint density at radius 3 is 2.69 bits per heavy atom. The van der Waals surface area contributed by atoms with E-state index in [1.54, 1.807) is 0 Å². The minimum atomic E-state index is -4.49. The number of alkyl halides is 3. The summed E-state index contributed by atoms with van der Waals surface area (Å²) in [5.41, 5.74) is 4.38. The highest BCUT2D eigenvalue weighted by molar-refractivity contribution is 7.99. The van der Waals surface area contributed by atoms with Crippen molar-refractivity contribution in [1.29, 1.82) is 0 Å².